The van der Waals surface area contributed by atoms with Crippen LogP contribution in [0.15, 0.2) is 23.1 Å². The van der Waals surface area contributed by atoms with Gasteiger partial charge in [-0.1, -0.05) is 0 Å². The molecule has 7 nitrogen and oxygen atoms in total. The summed E-state index contributed by atoms with van der Waals surface area (Å²) in [4.78, 5) is 35.3. The second-order valence-corrected chi connectivity index (χ2v) is 5.26. The normalized spacial score (nSPS) is 16.3. The number of ether oxygens (including phenoxy) is 2. The third kappa shape index (κ3) is 3.22. The van der Waals surface area contributed by atoms with Crippen molar-refractivity contribution in [3.05, 3.63) is 28.7 Å². The maximum Gasteiger partial charge on any atom is 0.323 e. The molecule has 1 fully saturated rings. The lowest BCUT2D eigenvalue weighted by atomic mass is 10.1. The Balaban J connectivity index is 2.36. The van der Waals surface area contributed by atoms with Crippen molar-refractivity contribution >= 4 is 35.0 Å². The SMILES string of the molecule is COc1ccc(OC)c(C=C2SC(=O)N(CC(=O)O)C2=O)c1. The predicted molar refractivity (Wildman–Crippen MR) is 79.9 cm³/mol. The molecule has 0 saturated carbocycles. The number of hydrogen-bond acceptors (Lipinski definition) is 6. The van der Waals surface area contributed by atoms with E-state index in [9.17, 15) is 14.4 Å². The van der Waals surface area contributed by atoms with E-state index >= 15 is 0 Å². The van der Waals surface area contributed by atoms with Crippen LogP contribution in [0.25, 0.3) is 6.08 Å². The molecule has 1 heterocycles. The molecular weight excluding hydrogens is 310 g/mol. The largest absolute Gasteiger partial charge is 0.497 e. The van der Waals surface area contributed by atoms with Crippen molar-refractivity contribution in [3.63, 3.8) is 0 Å². The van der Waals surface area contributed by atoms with E-state index in [1.165, 1.54) is 20.3 Å². The Morgan fingerprint density at radius 1 is 1.32 bits per heavy atom. The number of aliphatic carboxylic acids is 1. The van der Waals surface area contributed by atoms with Gasteiger partial charge in [-0.15, -0.1) is 0 Å². The lowest BCUT2D eigenvalue weighted by Gasteiger charge is -2.09. The van der Waals surface area contributed by atoms with Crippen LogP contribution in [0.5, 0.6) is 11.5 Å². The molecule has 0 unspecified atom stereocenters. The molecule has 0 radical (unpaired) electrons. The molecule has 0 atom stereocenters. The summed E-state index contributed by atoms with van der Waals surface area (Å²) >= 11 is 0.690. The molecule has 1 N–H and O–H groups in total. The molecule has 0 spiro atoms. The van der Waals surface area contributed by atoms with Crippen molar-refractivity contribution in [2.24, 2.45) is 0 Å². The summed E-state index contributed by atoms with van der Waals surface area (Å²) in [5.74, 6) is -0.813. The number of imide groups is 1. The van der Waals surface area contributed by atoms with Gasteiger partial charge in [-0.3, -0.25) is 19.3 Å². The zero-order valence-corrected chi connectivity index (χ0v) is 12.7. The number of methoxy groups -OCH3 is 2. The molecule has 1 aliphatic heterocycles. The number of amides is 2. The Morgan fingerprint density at radius 2 is 2.05 bits per heavy atom. The third-order valence-electron chi connectivity index (χ3n) is 2.89. The Hall–Kier alpha value is -2.48. The monoisotopic (exact) mass is 323 g/mol. The van der Waals surface area contributed by atoms with Gasteiger partial charge < -0.3 is 14.6 Å². The second kappa shape index (κ2) is 6.52. The van der Waals surface area contributed by atoms with Crippen molar-refractivity contribution in [1.29, 1.82) is 0 Å². The van der Waals surface area contributed by atoms with Crippen LogP contribution in [0.1, 0.15) is 5.56 Å². The minimum Gasteiger partial charge on any atom is -0.497 e. The number of carboxylic acid groups (broad SMARTS) is 1. The predicted octanol–water partition coefficient (Wildman–Crippen LogP) is 1.82. The minimum atomic E-state index is -1.25. The van der Waals surface area contributed by atoms with Gasteiger partial charge >= 0.3 is 5.97 Å². The van der Waals surface area contributed by atoms with Crippen molar-refractivity contribution in [2.45, 2.75) is 0 Å². The first-order valence-electron chi connectivity index (χ1n) is 6.15. The van der Waals surface area contributed by atoms with Crippen LogP contribution in [-0.2, 0) is 9.59 Å². The number of benzene rings is 1. The number of thioether (sulfide) groups is 1. The molecule has 2 amide bonds. The van der Waals surface area contributed by atoms with E-state index in [-0.39, 0.29) is 4.91 Å². The van der Waals surface area contributed by atoms with E-state index in [0.717, 1.165) is 0 Å². The average molecular weight is 323 g/mol. The van der Waals surface area contributed by atoms with Gasteiger partial charge in [0.25, 0.3) is 11.1 Å². The molecule has 1 aliphatic rings. The Bertz CT molecular complexity index is 669. The molecule has 0 bridgehead atoms. The smallest absolute Gasteiger partial charge is 0.323 e. The van der Waals surface area contributed by atoms with Crippen LogP contribution < -0.4 is 9.47 Å². The third-order valence-corrected chi connectivity index (χ3v) is 3.80. The van der Waals surface area contributed by atoms with Crippen molar-refractivity contribution < 1.29 is 29.0 Å². The fraction of sp³-hybridized carbons (Fsp3) is 0.214. The highest BCUT2D eigenvalue weighted by Crippen LogP contribution is 2.34. The van der Waals surface area contributed by atoms with Crippen LogP contribution in [-0.4, -0.2) is 47.9 Å². The molecule has 22 heavy (non-hydrogen) atoms. The first-order valence-corrected chi connectivity index (χ1v) is 6.97. The van der Waals surface area contributed by atoms with Gasteiger partial charge in [0.2, 0.25) is 0 Å². The molecule has 1 saturated heterocycles. The zero-order chi connectivity index (χ0) is 16.3. The van der Waals surface area contributed by atoms with Gasteiger partial charge in [0.05, 0.1) is 19.1 Å². The summed E-state index contributed by atoms with van der Waals surface area (Å²) < 4.78 is 10.3. The molecule has 1 aromatic rings. The molecular formula is C14H13NO6S. The summed E-state index contributed by atoms with van der Waals surface area (Å²) in [7, 11) is 2.99. The van der Waals surface area contributed by atoms with Crippen LogP contribution in [0.2, 0.25) is 0 Å². The first kappa shape index (κ1) is 15.9. The number of rotatable bonds is 5. The standard InChI is InChI=1S/C14H13NO6S/c1-20-9-3-4-10(21-2)8(5-9)6-11-13(18)15(7-12(16)17)14(19)22-11/h3-6H,7H2,1-2H3,(H,16,17). The van der Waals surface area contributed by atoms with Gasteiger partial charge in [0.15, 0.2) is 0 Å². The van der Waals surface area contributed by atoms with Gasteiger partial charge in [-0.05, 0) is 36.0 Å². The van der Waals surface area contributed by atoms with Crippen molar-refractivity contribution in [3.8, 4) is 11.5 Å². The molecule has 8 heteroatoms. The Kier molecular flexibility index (Phi) is 4.71. The molecule has 116 valence electrons. The molecule has 0 aromatic heterocycles. The van der Waals surface area contributed by atoms with Gasteiger partial charge in [0.1, 0.15) is 18.0 Å². The maximum atomic E-state index is 12.1. The quantitative estimate of drug-likeness (QED) is 0.826. The van der Waals surface area contributed by atoms with Crippen molar-refractivity contribution in [1.82, 2.24) is 4.90 Å². The van der Waals surface area contributed by atoms with E-state index in [0.29, 0.717) is 33.7 Å². The number of nitrogens with zero attached hydrogens (tertiary/aromatic N) is 1. The molecule has 2 rings (SSSR count). The molecule has 0 aliphatic carbocycles. The number of carbonyl (C=O) groups excluding carboxylic acids is 2. The lowest BCUT2D eigenvalue weighted by molar-refractivity contribution is -0.140. The van der Waals surface area contributed by atoms with Crippen LogP contribution >= 0.6 is 11.8 Å². The van der Waals surface area contributed by atoms with Gasteiger partial charge in [-0.25, -0.2) is 0 Å². The highest BCUT2D eigenvalue weighted by molar-refractivity contribution is 8.18. The topological polar surface area (TPSA) is 93.1 Å². The summed E-state index contributed by atoms with van der Waals surface area (Å²) in [5, 5.41) is 8.11. The fourth-order valence-electron chi connectivity index (χ4n) is 1.86. The number of carbonyl (C=O) groups is 3. The van der Waals surface area contributed by atoms with Crippen LogP contribution in [0.3, 0.4) is 0 Å². The second-order valence-electron chi connectivity index (χ2n) is 4.27. The zero-order valence-electron chi connectivity index (χ0n) is 11.9. The average Bonchev–Trinajstić information content (AvgIpc) is 2.74. The summed E-state index contributed by atoms with van der Waals surface area (Å²) in [6.07, 6.45) is 1.48. The lowest BCUT2D eigenvalue weighted by Crippen LogP contribution is -2.33. The summed E-state index contributed by atoms with van der Waals surface area (Å²) in [6.45, 7) is -0.656. The summed E-state index contributed by atoms with van der Waals surface area (Å²) in [5.41, 5.74) is 0.558. The van der Waals surface area contributed by atoms with E-state index in [4.69, 9.17) is 14.6 Å². The number of carboxylic acids is 1. The van der Waals surface area contributed by atoms with E-state index < -0.39 is 23.7 Å². The first-order chi connectivity index (χ1) is 10.5. The Labute approximate surface area is 130 Å². The van der Waals surface area contributed by atoms with Crippen LogP contribution in [0.4, 0.5) is 4.79 Å². The van der Waals surface area contributed by atoms with Gasteiger partial charge in [-0.2, -0.15) is 0 Å². The van der Waals surface area contributed by atoms with E-state index in [2.05, 4.69) is 0 Å². The van der Waals surface area contributed by atoms with E-state index in [1.54, 1.807) is 18.2 Å². The van der Waals surface area contributed by atoms with Crippen molar-refractivity contribution in [2.75, 3.05) is 20.8 Å². The highest BCUT2D eigenvalue weighted by atomic mass is 32.2. The van der Waals surface area contributed by atoms with Gasteiger partial charge in [0, 0.05) is 5.56 Å². The minimum absolute atomic E-state index is 0.137. The summed E-state index contributed by atoms with van der Waals surface area (Å²) in [6, 6.07) is 5.03. The molecule has 1 aromatic carbocycles. The highest BCUT2D eigenvalue weighted by Gasteiger charge is 2.36. The Morgan fingerprint density at radius 3 is 2.64 bits per heavy atom. The van der Waals surface area contributed by atoms with Crippen LogP contribution in [0, 0.1) is 0 Å². The fourth-order valence-corrected chi connectivity index (χ4v) is 2.69. The number of hydrogen-bond donors (Lipinski definition) is 1. The maximum absolute atomic E-state index is 12.1. The van der Waals surface area contributed by atoms with E-state index in [1.807, 2.05) is 0 Å².